The van der Waals surface area contributed by atoms with Crippen LogP contribution in [0.3, 0.4) is 0 Å². The van der Waals surface area contributed by atoms with Crippen molar-refractivity contribution in [2.75, 3.05) is 41.8 Å². The molecule has 5 unspecified atom stereocenters. The second-order valence-electron chi connectivity index (χ2n) is 11.3. The number of hydrogen-bond donors (Lipinski definition) is 0. The standard InChI is InChI=1S/C32H34O12/c1-32(2)43-27-23(13-34-3)41-31(29(37-6)28(27)44-32)42-26-17-11-21(36-5)20(35-4)10-16(17)24(25-18(26)12-38-30(25)33)15-7-8-19-22(9-15)40-14-39-19/h7-11,23,27-29,31H,12-14H2,1-6H3. The van der Waals surface area contributed by atoms with Gasteiger partial charge in [0.1, 0.15) is 36.8 Å². The predicted octanol–water partition coefficient (Wildman–Crippen LogP) is 4.21. The lowest BCUT2D eigenvalue weighted by Gasteiger charge is -2.41. The van der Waals surface area contributed by atoms with Gasteiger partial charge in [0.25, 0.3) is 0 Å². The van der Waals surface area contributed by atoms with Gasteiger partial charge in [0.2, 0.25) is 13.1 Å². The molecule has 0 spiro atoms. The number of cyclic esters (lactones) is 1. The van der Waals surface area contributed by atoms with Gasteiger partial charge in [-0.2, -0.15) is 0 Å². The molecule has 0 aliphatic carbocycles. The Balaban J connectivity index is 1.42. The minimum absolute atomic E-state index is 0.00407. The van der Waals surface area contributed by atoms with E-state index in [0.717, 1.165) is 5.56 Å². The molecule has 2 saturated heterocycles. The maximum absolute atomic E-state index is 13.4. The minimum atomic E-state index is -0.952. The van der Waals surface area contributed by atoms with Gasteiger partial charge in [-0.3, -0.25) is 0 Å². The highest BCUT2D eigenvalue weighted by Crippen LogP contribution is 2.50. The second kappa shape index (κ2) is 11.0. The molecule has 12 nitrogen and oxygen atoms in total. The molecule has 2 fully saturated rings. The van der Waals surface area contributed by atoms with E-state index in [9.17, 15) is 4.79 Å². The maximum Gasteiger partial charge on any atom is 0.339 e. The number of fused-ring (bicyclic) bond motifs is 4. The van der Waals surface area contributed by atoms with Crippen LogP contribution in [0.25, 0.3) is 21.9 Å². The van der Waals surface area contributed by atoms with Gasteiger partial charge >= 0.3 is 5.97 Å². The van der Waals surface area contributed by atoms with Crippen LogP contribution in [0.2, 0.25) is 0 Å². The Morgan fingerprint density at radius 1 is 0.864 bits per heavy atom. The molecule has 7 rings (SSSR count). The Hall–Kier alpha value is -3.81. The third-order valence-corrected chi connectivity index (χ3v) is 8.34. The van der Waals surface area contributed by atoms with Gasteiger partial charge in [-0.1, -0.05) is 6.07 Å². The van der Waals surface area contributed by atoms with Crippen LogP contribution >= 0.6 is 0 Å². The van der Waals surface area contributed by atoms with Crippen molar-refractivity contribution in [3.8, 4) is 39.9 Å². The molecule has 12 heteroatoms. The number of carbonyl (C=O) groups excluding carboxylic acids is 1. The molecule has 5 atom stereocenters. The van der Waals surface area contributed by atoms with Crippen LogP contribution in [-0.2, 0) is 35.0 Å². The average Bonchev–Trinajstić information content (AvgIpc) is 3.72. The topological polar surface area (TPSA) is 119 Å². The first kappa shape index (κ1) is 28.9. The maximum atomic E-state index is 13.4. The summed E-state index contributed by atoms with van der Waals surface area (Å²) >= 11 is 0. The average molecular weight is 611 g/mol. The lowest BCUT2D eigenvalue weighted by atomic mass is 9.89. The molecule has 4 aliphatic heterocycles. The molecule has 0 aromatic heterocycles. The predicted molar refractivity (Wildman–Crippen MR) is 154 cm³/mol. The third-order valence-electron chi connectivity index (χ3n) is 8.34. The first-order chi connectivity index (χ1) is 21.3. The number of rotatable bonds is 8. The molecular weight excluding hydrogens is 576 g/mol. The zero-order chi connectivity index (χ0) is 30.7. The quantitative estimate of drug-likeness (QED) is 0.340. The highest BCUT2D eigenvalue weighted by molar-refractivity contribution is 6.14. The third kappa shape index (κ3) is 4.60. The lowest BCUT2D eigenvalue weighted by Crippen LogP contribution is -2.59. The van der Waals surface area contributed by atoms with E-state index in [-0.39, 0.29) is 20.0 Å². The zero-order valence-electron chi connectivity index (χ0n) is 25.3. The van der Waals surface area contributed by atoms with Crippen LogP contribution < -0.4 is 23.7 Å². The molecule has 4 heterocycles. The van der Waals surface area contributed by atoms with Crippen LogP contribution in [0.4, 0.5) is 0 Å². The summed E-state index contributed by atoms with van der Waals surface area (Å²) in [6.07, 6.45) is -3.09. The fourth-order valence-corrected chi connectivity index (χ4v) is 6.49. The van der Waals surface area contributed by atoms with E-state index in [4.69, 9.17) is 52.1 Å². The van der Waals surface area contributed by atoms with Gasteiger partial charge in [-0.05, 0) is 49.1 Å². The van der Waals surface area contributed by atoms with E-state index < -0.39 is 42.5 Å². The molecule has 0 saturated carbocycles. The zero-order valence-corrected chi connectivity index (χ0v) is 25.3. The fraction of sp³-hybridized carbons (Fsp3) is 0.469. The van der Waals surface area contributed by atoms with Gasteiger partial charge in [0.05, 0.1) is 26.4 Å². The van der Waals surface area contributed by atoms with Crippen molar-refractivity contribution >= 4 is 16.7 Å². The van der Waals surface area contributed by atoms with Crippen molar-refractivity contribution in [2.24, 2.45) is 0 Å². The highest BCUT2D eigenvalue weighted by atomic mass is 16.8. The Morgan fingerprint density at radius 2 is 1.59 bits per heavy atom. The number of ether oxygens (including phenoxy) is 11. The monoisotopic (exact) mass is 610 g/mol. The van der Waals surface area contributed by atoms with Gasteiger partial charge < -0.3 is 52.1 Å². The van der Waals surface area contributed by atoms with Crippen molar-refractivity contribution in [2.45, 2.75) is 56.9 Å². The Bertz CT molecular complexity index is 1620. The Morgan fingerprint density at radius 3 is 2.32 bits per heavy atom. The van der Waals surface area contributed by atoms with E-state index in [2.05, 4.69) is 0 Å². The molecule has 3 aromatic rings. The number of carbonyl (C=O) groups is 1. The second-order valence-corrected chi connectivity index (χ2v) is 11.3. The first-order valence-corrected chi connectivity index (χ1v) is 14.3. The number of benzene rings is 3. The van der Waals surface area contributed by atoms with Gasteiger partial charge in [-0.15, -0.1) is 0 Å². The Kier molecular flexibility index (Phi) is 7.21. The number of hydrogen-bond acceptors (Lipinski definition) is 12. The van der Waals surface area contributed by atoms with E-state index >= 15 is 0 Å². The molecule has 4 aliphatic rings. The van der Waals surface area contributed by atoms with Gasteiger partial charge in [0, 0.05) is 30.7 Å². The summed E-state index contributed by atoms with van der Waals surface area (Å²) in [4.78, 5) is 13.4. The fourth-order valence-electron chi connectivity index (χ4n) is 6.49. The van der Waals surface area contributed by atoms with Crippen LogP contribution in [0.1, 0.15) is 29.8 Å². The van der Waals surface area contributed by atoms with Crippen LogP contribution in [0, 0.1) is 0 Å². The van der Waals surface area contributed by atoms with Crippen molar-refractivity contribution in [1.29, 1.82) is 0 Å². The highest BCUT2D eigenvalue weighted by Gasteiger charge is 2.56. The smallest absolute Gasteiger partial charge is 0.339 e. The molecule has 0 N–H and O–H groups in total. The first-order valence-electron chi connectivity index (χ1n) is 14.3. The summed E-state index contributed by atoms with van der Waals surface area (Å²) < 4.78 is 65.2. The van der Waals surface area contributed by atoms with Crippen LogP contribution in [-0.4, -0.2) is 84.3 Å². The summed E-state index contributed by atoms with van der Waals surface area (Å²) in [6, 6.07) is 9.19. The Labute approximate surface area is 253 Å². The van der Waals surface area contributed by atoms with E-state index in [1.807, 2.05) is 44.2 Å². The molecule has 44 heavy (non-hydrogen) atoms. The summed E-state index contributed by atoms with van der Waals surface area (Å²) in [5, 5.41) is 1.33. The van der Waals surface area contributed by atoms with E-state index in [1.54, 1.807) is 28.4 Å². The largest absolute Gasteiger partial charge is 0.493 e. The summed E-state index contributed by atoms with van der Waals surface area (Å²) in [5.74, 6) is 1.22. The normalized spacial score (nSPS) is 26.3. The number of methoxy groups -OCH3 is 4. The van der Waals surface area contributed by atoms with Crippen molar-refractivity contribution in [3.63, 3.8) is 0 Å². The van der Waals surface area contributed by atoms with Crippen molar-refractivity contribution in [1.82, 2.24) is 0 Å². The van der Waals surface area contributed by atoms with Gasteiger partial charge in [0.15, 0.2) is 28.8 Å². The van der Waals surface area contributed by atoms with Crippen molar-refractivity contribution in [3.05, 3.63) is 41.5 Å². The molecular formula is C32H34O12. The SMILES string of the molecule is COCC1OC(Oc2c3c(c(-c4ccc5c(c4)OCO5)c4cc(OC)c(OC)cc24)C(=O)OC3)C(OC)C2OC(C)(C)OC12. The lowest BCUT2D eigenvalue weighted by molar-refractivity contribution is -0.261. The van der Waals surface area contributed by atoms with E-state index in [1.165, 1.54) is 0 Å². The molecule has 0 amide bonds. The number of esters is 1. The van der Waals surface area contributed by atoms with Crippen molar-refractivity contribution < 1.29 is 56.9 Å². The summed E-state index contributed by atoms with van der Waals surface area (Å²) in [7, 11) is 6.27. The molecule has 234 valence electrons. The van der Waals surface area contributed by atoms with E-state index in [0.29, 0.717) is 56.2 Å². The summed E-state index contributed by atoms with van der Waals surface area (Å²) in [5.41, 5.74) is 2.31. The molecule has 3 aromatic carbocycles. The van der Waals surface area contributed by atoms with Crippen LogP contribution in [0.5, 0.6) is 28.7 Å². The van der Waals surface area contributed by atoms with Gasteiger partial charge in [-0.25, -0.2) is 4.79 Å². The van der Waals surface area contributed by atoms with Crippen LogP contribution in [0.15, 0.2) is 30.3 Å². The molecule has 0 bridgehead atoms. The minimum Gasteiger partial charge on any atom is -0.493 e. The summed E-state index contributed by atoms with van der Waals surface area (Å²) in [6.45, 7) is 4.05. The molecule has 0 radical (unpaired) electrons.